The summed E-state index contributed by atoms with van der Waals surface area (Å²) in [5, 5.41) is 0. The molecule has 0 bridgehead atoms. The average Bonchev–Trinajstić information content (AvgIpc) is 2.25. The van der Waals surface area contributed by atoms with Gasteiger partial charge in [-0.25, -0.2) is 10.3 Å². The maximum Gasteiger partial charge on any atom is 0.410 e. The van der Waals surface area contributed by atoms with Gasteiger partial charge < -0.3 is 9.64 Å². The second kappa shape index (κ2) is 6.76. The summed E-state index contributed by atoms with van der Waals surface area (Å²) in [7, 11) is 0. The number of hydrogen-bond donors (Lipinski definition) is 1. The van der Waals surface area contributed by atoms with Gasteiger partial charge in [0.15, 0.2) is 0 Å². The molecule has 5 heteroatoms. The minimum atomic E-state index is -0.421. The highest BCUT2D eigenvalue weighted by Gasteiger charge is 2.26. The number of piperidine rings is 1. The number of rotatable bonds is 3. The zero-order valence-electron chi connectivity index (χ0n) is 13.8. The second-order valence-corrected chi connectivity index (χ2v) is 7.47. The highest BCUT2D eigenvalue weighted by atomic mass is 16.7. The molecule has 0 spiro atoms. The van der Waals surface area contributed by atoms with Gasteiger partial charge >= 0.3 is 6.09 Å². The van der Waals surface area contributed by atoms with Crippen molar-refractivity contribution in [3.63, 3.8) is 0 Å². The molecule has 1 aliphatic rings. The Morgan fingerprint density at radius 2 is 1.65 bits per heavy atom. The fourth-order valence-corrected chi connectivity index (χ4v) is 2.02. The van der Waals surface area contributed by atoms with Crippen LogP contribution in [0.4, 0.5) is 4.79 Å². The number of ether oxygens (including phenoxy) is 1. The third-order valence-electron chi connectivity index (χ3n) is 3.02. The molecule has 0 atom stereocenters. The van der Waals surface area contributed by atoms with E-state index in [0.29, 0.717) is 5.92 Å². The molecule has 118 valence electrons. The molecule has 0 aromatic rings. The van der Waals surface area contributed by atoms with Crippen LogP contribution < -0.4 is 5.48 Å². The Bertz CT molecular complexity index is 310. The lowest BCUT2D eigenvalue weighted by molar-refractivity contribution is -0.0791. The number of hydroxylamine groups is 1. The molecule has 20 heavy (non-hydrogen) atoms. The third kappa shape index (κ3) is 7.10. The maximum absolute atomic E-state index is 11.9. The predicted molar refractivity (Wildman–Crippen MR) is 79.4 cm³/mol. The van der Waals surface area contributed by atoms with Crippen molar-refractivity contribution in [2.24, 2.45) is 5.92 Å². The number of hydrogen-bond acceptors (Lipinski definition) is 4. The number of nitrogens with one attached hydrogen (secondary N) is 1. The summed E-state index contributed by atoms with van der Waals surface area (Å²) in [4.78, 5) is 19.2. The number of likely N-dealkylation sites (tertiary alicyclic amines) is 1. The summed E-state index contributed by atoms with van der Waals surface area (Å²) < 4.78 is 5.38. The van der Waals surface area contributed by atoms with Crippen LogP contribution in [0, 0.1) is 5.92 Å². The van der Waals surface area contributed by atoms with Gasteiger partial charge in [0.1, 0.15) is 5.60 Å². The van der Waals surface area contributed by atoms with Crippen LogP contribution in [0.5, 0.6) is 0 Å². The molecule has 1 heterocycles. The largest absolute Gasteiger partial charge is 0.444 e. The Hall–Kier alpha value is -0.810. The Kier molecular flexibility index (Phi) is 5.83. The normalized spacial score (nSPS) is 18.2. The number of nitrogens with zero attached hydrogens (tertiary/aromatic N) is 1. The predicted octanol–water partition coefficient (Wildman–Crippen LogP) is 2.95. The van der Waals surface area contributed by atoms with E-state index in [0.717, 1.165) is 32.5 Å². The van der Waals surface area contributed by atoms with Gasteiger partial charge in [0.25, 0.3) is 0 Å². The molecule has 0 radical (unpaired) electrons. The zero-order valence-corrected chi connectivity index (χ0v) is 13.8. The summed E-state index contributed by atoms with van der Waals surface area (Å²) in [5.41, 5.74) is 2.45. The molecule has 1 saturated heterocycles. The van der Waals surface area contributed by atoms with E-state index >= 15 is 0 Å². The molecule has 1 fully saturated rings. The van der Waals surface area contributed by atoms with Crippen LogP contribution in [0.2, 0.25) is 0 Å². The lowest BCUT2D eigenvalue weighted by atomic mass is 9.97. The van der Waals surface area contributed by atoms with Crippen molar-refractivity contribution in [2.45, 2.75) is 65.6 Å². The lowest BCUT2D eigenvalue weighted by Crippen LogP contribution is -2.43. The van der Waals surface area contributed by atoms with Crippen LogP contribution in [0.15, 0.2) is 0 Å². The van der Waals surface area contributed by atoms with Crippen molar-refractivity contribution in [2.75, 3.05) is 19.6 Å². The molecule has 5 nitrogen and oxygen atoms in total. The standard InChI is InChI=1S/C15H30N2O3/c1-14(2,3)19-13(18)17-9-7-12(8-10-17)11-16-20-15(4,5)6/h12,16H,7-11H2,1-6H3. The van der Waals surface area contributed by atoms with E-state index in [-0.39, 0.29) is 11.7 Å². The van der Waals surface area contributed by atoms with Gasteiger partial charge in [-0.2, -0.15) is 0 Å². The van der Waals surface area contributed by atoms with Crippen molar-refractivity contribution in [3.05, 3.63) is 0 Å². The van der Waals surface area contributed by atoms with Crippen molar-refractivity contribution in [1.82, 2.24) is 10.4 Å². The van der Waals surface area contributed by atoms with E-state index in [1.807, 2.05) is 41.5 Å². The third-order valence-corrected chi connectivity index (χ3v) is 3.02. The lowest BCUT2D eigenvalue weighted by Gasteiger charge is -2.33. The summed E-state index contributed by atoms with van der Waals surface area (Å²) >= 11 is 0. The van der Waals surface area contributed by atoms with E-state index < -0.39 is 5.60 Å². The molecule has 1 aliphatic heterocycles. The first-order valence-electron chi connectivity index (χ1n) is 7.45. The fourth-order valence-electron chi connectivity index (χ4n) is 2.02. The van der Waals surface area contributed by atoms with E-state index in [9.17, 15) is 4.79 Å². The molecular formula is C15H30N2O3. The molecule has 0 aromatic carbocycles. The molecule has 0 saturated carbocycles. The Morgan fingerprint density at radius 3 is 2.10 bits per heavy atom. The zero-order chi connectivity index (χ0) is 15.4. The summed E-state index contributed by atoms with van der Waals surface area (Å²) in [5.74, 6) is 0.552. The Balaban J connectivity index is 2.25. The average molecular weight is 286 g/mol. The van der Waals surface area contributed by atoms with Crippen LogP contribution in [0.1, 0.15) is 54.4 Å². The van der Waals surface area contributed by atoms with Gasteiger partial charge in [0.2, 0.25) is 0 Å². The number of carbonyl (C=O) groups is 1. The van der Waals surface area contributed by atoms with Gasteiger partial charge in [-0.3, -0.25) is 4.84 Å². The minimum absolute atomic E-state index is 0.169. The van der Waals surface area contributed by atoms with Gasteiger partial charge in [-0.15, -0.1) is 0 Å². The first-order chi connectivity index (χ1) is 9.07. The van der Waals surface area contributed by atoms with Crippen molar-refractivity contribution in [1.29, 1.82) is 0 Å². The maximum atomic E-state index is 11.9. The summed E-state index contributed by atoms with van der Waals surface area (Å²) in [6.45, 7) is 14.1. The quantitative estimate of drug-likeness (QED) is 0.810. The molecular weight excluding hydrogens is 256 g/mol. The first kappa shape index (κ1) is 17.2. The molecule has 1 rings (SSSR count). The molecule has 1 N–H and O–H groups in total. The Morgan fingerprint density at radius 1 is 1.10 bits per heavy atom. The first-order valence-corrected chi connectivity index (χ1v) is 7.45. The van der Waals surface area contributed by atoms with E-state index in [2.05, 4.69) is 5.48 Å². The van der Waals surface area contributed by atoms with E-state index in [1.54, 1.807) is 4.90 Å². The van der Waals surface area contributed by atoms with E-state index in [1.165, 1.54) is 0 Å². The minimum Gasteiger partial charge on any atom is -0.444 e. The highest BCUT2D eigenvalue weighted by molar-refractivity contribution is 5.68. The van der Waals surface area contributed by atoms with Crippen molar-refractivity contribution < 1.29 is 14.4 Å². The number of amides is 1. The second-order valence-electron chi connectivity index (χ2n) is 7.47. The Labute approximate surface area is 122 Å². The van der Waals surface area contributed by atoms with E-state index in [4.69, 9.17) is 9.57 Å². The van der Waals surface area contributed by atoms with Gasteiger partial charge in [-0.1, -0.05) is 0 Å². The SMILES string of the molecule is CC(C)(C)ONCC1CCN(C(=O)OC(C)(C)C)CC1. The van der Waals surface area contributed by atoms with Crippen molar-refractivity contribution in [3.8, 4) is 0 Å². The highest BCUT2D eigenvalue weighted by Crippen LogP contribution is 2.19. The summed E-state index contributed by atoms with van der Waals surface area (Å²) in [6, 6.07) is 0. The smallest absolute Gasteiger partial charge is 0.410 e. The molecule has 0 unspecified atom stereocenters. The number of carbonyl (C=O) groups excluding carboxylic acids is 1. The van der Waals surface area contributed by atoms with Gasteiger partial charge in [0, 0.05) is 19.6 Å². The monoisotopic (exact) mass is 286 g/mol. The van der Waals surface area contributed by atoms with Gasteiger partial charge in [0.05, 0.1) is 5.60 Å². The van der Waals surface area contributed by atoms with Crippen LogP contribution in [-0.4, -0.2) is 41.8 Å². The molecule has 0 aliphatic carbocycles. The van der Waals surface area contributed by atoms with Crippen LogP contribution in [0.3, 0.4) is 0 Å². The van der Waals surface area contributed by atoms with Crippen LogP contribution in [-0.2, 0) is 9.57 Å². The summed E-state index contributed by atoms with van der Waals surface area (Å²) in [6.07, 6.45) is 1.77. The topological polar surface area (TPSA) is 50.8 Å². The van der Waals surface area contributed by atoms with Crippen LogP contribution in [0.25, 0.3) is 0 Å². The van der Waals surface area contributed by atoms with Crippen LogP contribution >= 0.6 is 0 Å². The molecule has 0 aromatic heterocycles. The molecule has 1 amide bonds. The van der Waals surface area contributed by atoms with Crippen molar-refractivity contribution >= 4 is 6.09 Å². The fraction of sp³-hybridized carbons (Fsp3) is 0.933. The van der Waals surface area contributed by atoms with Gasteiger partial charge in [-0.05, 0) is 60.3 Å².